The summed E-state index contributed by atoms with van der Waals surface area (Å²) in [6.45, 7) is 0.631. The first kappa shape index (κ1) is 13.4. The molecule has 1 saturated carbocycles. The number of amides is 1. The Morgan fingerprint density at radius 2 is 1.50 bits per heavy atom. The quantitative estimate of drug-likeness (QED) is 0.822. The fourth-order valence-corrected chi connectivity index (χ4v) is 3.22. The third-order valence-corrected chi connectivity index (χ3v) is 4.28. The first-order chi connectivity index (χ1) is 8.70. The molecule has 2 rings (SSSR count). The van der Waals surface area contributed by atoms with E-state index in [9.17, 15) is 9.59 Å². The van der Waals surface area contributed by atoms with Crippen LogP contribution >= 0.6 is 0 Å². The van der Waals surface area contributed by atoms with Gasteiger partial charge in [-0.3, -0.25) is 4.79 Å². The number of hydrogen-bond acceptors (Lipinski definition) is 2. The Bertz CT molecular complexity index is 308. The van der Waals surface area contributed by atoms with Gasteiger partial charge in [0, 0.05) is 12.5 Å². The molecule has 2 fully saturated rings. The molecule has 0 aromatic rings. The molecule has 102 valence electrons. The molecule has 4 nitrogen and oxygen atoms in total. The largest absolute Gasteiger partial charge is 0.480 e. The highest BCUT2D eigenvalue weighted by Crippen LogP contribution is 2.27. The SMILES string of the molecule is O=C(O)C1CCCN1C(=O)C1CCCCCCC1. The fraction of sp³-hybridized carbons (Fsp3) is 0.857. The van der Waals surface area contributed by atoms with E-state index < -0.39 is 12.0 Å². The maximum atomic E-state index is 12.4. The summed E-state index contributed by atoms with van der Waals surface area (Å²) in [7, 11) is 0. The van der Waals surface area contributed by atoms with E-state index in [1.54, 1.807) is 4.90 Å². The number of carboxylic acid groups (broad SMARTS) is 1. The minimum absolute atomic E-state index is 0.0743. The third-order valence-electron chi connectivity index (χ3n) is 4.28. The molecule has 2 aliphatic rings. The van der Waals surface area contributed by atoms with E-state index in [0.717, 1.165) is 32.1 Å². The average Bonchev–Trinajstić information content (AvgIpc) is 2.76. The van der Waals surface area contributed by atoms with Crippen molar-refractivity contribution in [3.63, 3.8) is 0 Å². The van der Waals surface area contributed by atoms with Crippen molar-refractivity contribution >= 4 is 11.9 Å². The summed E-state index contributed by atoms with van der Waals surface area (Å²) in [5, 5.41) is 9.14. The molecule has 1 aliphatic heterocycles. The molecule has 1 aliphatic carbocycles. The van der Waals surface area contributed by atoms with Crippen LogP contribution in [-0.2, 0) is 9.59 Å². The highest BCUT2D eigenvalue weighted by atomic mass is 16.4. The molecule has 1 amide bonds. The van der Waals surface area contributed by atoms with Gasteiger partial charge in [0.25, 0.3) is 0 Å². The van der Waals surface area contributed by atoms with E-state index in [1.165, 1.54) is 19.3 Å². The molecule has 1 unspecified atom stereocenters. The van der Waals surface area contributed by atoms with Crippen molar-refractivity contribution in [2.24, 2.45) is 5.92 Å². The summed E-state index contributed by atoms with van der Waals surface area (Å²) < 4.78 is 0. The minimum Gasteiger partial charge on any atom is -0.480 e. The number of aliphatic carboxylic acids is 1. The molecule has 0 aromatic carbocycles. The van der Waals surface area contributed by atoms with Crippen LogP contribution in [0.25, 0.3) is 0 Å². The van der Waals surface area contributed by atoms with E-state index in [2.05, 4.69) is 0 Å². The first-order valence-electron chi connectivity index (χ1n) is 7.23. The van der Waals surface area contributed by atoms with Crippen LogP contribution in [0.3, 0.4) is 0 Å². The molecule has 1 N–H and O–H groups in total. The molecule has 1 saturated heterocycles. The number of carbonyl (C=O) groups excluding carboxylic acids is 1. The van der Waals surface area contributed by atoms with Crippen molar-refractivity contribution in [3.8, 4) is 0 Å². The second kappa shape index (κ2) is 6.21. The van der Waals surface area contributed by atoms with Crippen molar-refractivity contribution in [1.82, 2.24) is 4.90 Å². The Balaban J connectivity index is 1.98. The maximum Gasteiger partial charge on any atom is 0.326 e. The number of nitrogens with zero attached hydrogens (tertiary/aromatic N) is 1. The topological polar surface area (TPSA) is 57.6 Å². The molecule has 0 bridgehead atoms. The lowest BCUT2D eigenvalue weighted by Gasteiger charge is -2.27. The van der Waals surface area contributed by atoms with Crippen molar-refractivity contribution in [2.45, 2.75) is 63.8 Å². The van der Waals surface area contributed by atoms with E-state index >= 15 is 0 Å². The fourth-order valence-electron chi connectivity index (χ4n) is 3.22. The van der Waals surface area contributed by atoms with E-state index in [4.69, 9.17) is 5.11 Å². The van der Waals surface area contributed by atoms with Crippen molar-refractivity contribution in [2.75, 3.05) is 6.54 Å². The summed E-state index contributed by atoms with van der Waals surface area (Å²) in [5.74, 6) is -0.668. The summed E-state index contributed by atoms with van der Waals surface area (Å²) in [6.07, 6.45) is 9.27. The molecule has 1 heterocycles. The molecule has 0 spiro atoms. The van der Waals surface area contributed by atoms with Gasteiger partial charge in [0.1, 0.15) is 6.04 Å². The van der Waals surface area contributed by atoms with Crippen molar-refractivity contribution in [3.05, 3.63) is 0 Å². The van der Waals surface area contributed by atoms with Crippen LogP contribution < -0.4 is 0 Å². The van der Waals surface area contributed by atoms with Crippen LogP contribution in [-0.4, -0.2) is 34.5 Å². The summed E-state index contributed by atoms with van der Waals surface area (Å²) in [4.78, 5) is 25.2. The van der Waals surface area contributed by atoms with Gasteiger partial charge in [-0.05, 0) is 25.7 Å². The normalized spacial score (nSPS) is 26.7. The van der Waals surface area contributed by atoms with E-state index in [0.29, 0.717) is 13.0 Å². The summed E-state index contributed by atoms with van der Waals surface area (Å²) in [6, 6.07) is -0.567. The van der Waals surface area contributed by atoms with Crippen LogP contribution in [0.15, 0.2) is 0 Å². The number of hydrogen-bond donors (Lipinski definition) is 1. The van der Waals surface area contributed by atoms with Gasteiger partial charge in [-0.25, -0.2) is 4.79 Å². The first-order valence-corrected chi connectivity index (χ1v) is 7.23. The molecule has 4 heteroatoms. The average molecular weight is 253 g/mol. The van der Waals surface area contributed by atoms with Crippen LogP contribution in [0, 0.1) is 5.92 Å². The Hall–Kier alpha value is -1.06. The van der Waals surface area contributed by atoms with Crippen LogP contribution in [0.1, 0.15) is 57.8 Å². The second-order valence-electron chi connectivity index (χ2n) is 5.57. The Morgan fingerprint density at radius 3 is 2.11 bits per heavy atom. The van der Waals surface area contributed by atoms with Gasteiger partial charge in [-0.2, -0.15) is 0 Å². The number of carboxylic acids is 1. The lowest BCUT2D eigenvalue weighted by molar-refractivity contribution is -0.150. The van der Waals surface area contributed by atoms with Crippen LogP contribution in [0.4, 0.5) is 0 Å². The third kappa shape index (κ3) is 3.03. The predicted molar refractivity (Wildman–Crippen MR) is 68.2 cm³/mol. The number of likely N-dealkylation sites (tertiary alicyclic amines) is 1. The van der Waals surface area contributed by atoms with Gasteiger partial charge in [0.05, 0.1) is 0 Å². The second-order valence-corrected chi connectivity index (χ2v) is 5.57. The summed E-state index contributed by atoms with van der Waals surface area (Å²) >= 11 is 0. The Morgan fingerprint density at radius 1 is 0.889 bits per heavy atom. The van der Waals surface area contributed by atoms with Crippen LogP contribution in [0.2, 0.25) is 0 Å². The van der Waals surface area contributed by atoms with E-state index in [1.807, 2.05) is 0 Å². The lowest BCUT2D eigenvalue weighted by atomic mass is 9.90. The molecule has 18 heavy (non-hydrogen) atoms. The number of carbonyl (C=O) groups is 2. The Kier molecular flexibility index (Phi) is 4.61. The Labute approximate surface area is 108 Å². The van der Waals surface area contributed by atoms with Gasteiger partial charge in [-0.15, -0.1) is 0 Å². The predicted octanol–water partition coefficient (Wildman–Crippen LogP) is 2.42. The zero-order valence-electron chi connectivity index (χ0n) is 10.9. The number of rotatable bonds is 2. The lowest BCUT2D eigenvalue weighted by Crippen LogP contribution is -2.43. The molecular weight excluding hydrogens is 230 g/mol. The zero-order valence-corrected chi connectivity index (χ0v) is 10.9. The molecule has 0 aromatic heterocycles. The highest BCUT2D eigenvalue weighted by molar-refractivity contribution is 5.85. The molecule has 1 atom stereocenters. The van der Waals surface area contributed by atoms with Gasteiger partial charge in [0.2, 0.25) is 5.91 Å². The van der Waals surface area contributed by atoms with Gasteiger partial charge in [0.15, 0.2) is 0 Å². The maximum absolute atomic E-state index is 12.4. The standard InChI is InChI=1S/C14H23NO3/c16-13(11-7-4-2-1-3-5-8-11)15-10-6-9-12(15)14(17)18/h11-12H,1-10H2,(H,17,18). The monoisotopic (exact) mass is 253 g/mol. The van der Waals surface area contributed by atoms with Gasteiger partial charge in [-0.1, -0.05) is 32.1 Å². The van der Waals surface area contributed by atoms with Gasteiger partial charge < -0.3 is 10.0 Å². The molecular formula is C14H23NO3. The minimum atomic E-state index is -0.841. The smallest absolute Gasteiger partial charge is 0.326 e. The molecule has 0 radical (unpaired) electrons. The zero-order chi connectivity index (χ0) is 13.0. The van der Waals surface area contributed by atoms with Gasteiger partial charge >= 0.3 is 5.97 Å². The van der Waals surface area contributed by atoms with Crippen molar-refractivity contribution in [1.29, 1.82) is 0 Å². The highest BCUT2D eigenvalue weighted by Gasteiger charge is 2.36. The van der Waals surface area contributed by atoms with E-state index in [-0.39, 0.29) is 11.8 Å². The summed E-state index contributed by atoms with van der Waals surface area (Å²) in [5.41, 5.74) is 0. The van der Waals surface area contributed by atoms with Crippen molar-refractivity contribution < 1.29 is 14.7 Å². The van der Waals surface area contributed by atoms with Crippen LogP contribution in [0.5, 0.6) is 0 Å².